The Balaban J connectivity index is 2.30. The smallest absolute Gasteiger partial charge is 0.397 e. The average Bonchev–Trinajstić information content (AvgIpc) is 3.27. The summed E-state index contributed by atoms with van der Waals surface area (Å²) in [7, 11) is -5.06. The molecule has 0 spiro atoms. The fourth-order valence-corrected chi connectivity index (χ4v) is 9.18. The number of ether oxygens (including phenoxy) is 4. The van der Waals surface area contributed by atoms with Gasteiger partial charge in [0.25, 0.3) is 0 Å². The van der Waals surface area contributed by atoms with Crippen molar-refractivity contribution < 1.29 is 56.2 Å². The molecule has 0 aromatic rings. The van der Waals surface area contributed by atoms with Crippen molar-refractivity contribution in [3.05, 3.63) is 0 Å². The van der Waals surface area contributed by atoms with E-state index in [1.807, 2.05) is 0 Å². The van der Waals surface area contributed by atoms with Gasteiger partial charge in [-0.15, -0.1) is 0 Å². The highest BCUT2D eigenvalue weighted by molar-refractivity contribution is 7.80. The van der Waals surface area contributed by atoms with E-state index < -0.39 is 59.8 Å². The number of carbonyl (C=O) groups excluding carboxylic acids is 1. The third-order valence-corrected chi connectivity index (χ3v) is 13.2. The van der Waals surface area contributed by atoms with Gasteiger partial charge in [0.2, 0.25) is 0 Å². The van der Waals surface area contributed by atoms with Crippen LogP contribution in [-0.2, 0) is 38.3 Å². The van der Waals surface area contributed by atoms with E-state index >= 15 is 0 Å². The summed E-state index contributed by atoms with van der Waals surface area (Å²) in [5.74, 6) is -0.391. The summed E-state index contributed by atoms with van der Waals surface area (Å²) in [5, 5.41) is 30.8. The summed E-state index contributed by atoms with van der Waals surface area (Å²) in [6, 6.07) is 0. The molecule has 4 N–H and O–H groups in total. The van der Waals surface area contributed by atoms with Crippen molar-refractivity contribution in [2.45, 2.75) is 295 Å². The topological polar surface area (TPSA) is 178 Å². The Morgan fingerprint density at radius 1 is 0.531 bits per heavy atom. The molecule has 0 aromatic heterocycles. The third-order valence-electron chi connectivity index (χ3n) is 12.7. The Labute approximate surface area is 392 Å². The second-order valence-electron chi connectivity index (χ2n) is 18.8. The predicted molar refractivity (Wildman–Crippen MR) is 258 cm³/mol. The molecule has 1 saturated heterocycles. The molecule has 1 fully saturated rings. The summed E-state index contributed by atoms with van der Waals surface area (Å²) in [4.78, 5) is 12.9. The van der Waals surface area contributed by atoms with E-state index in [4.69, 9.17) is 18.9 Å². The maximum Gasteiger partial charge on any atom is 0.397 e. The second kappa shape index (κ2) is 43.4. The molecule has 1 aliphatic heterocycles. The number of carbonyl (C=O) groups is 1. The van der Waals surface area contributed by atoms with Crippen LogP contribution in [0.25, 0.3) is 0 Å². The number of aliphatic hydroxyl groups is 3. The lowest BCUT2D eigenvalue weighted by atomic mass is 9.99. The van der Waals surface area contributed by atoms with Gasteiger partial charge in [-0.1, -0.05) is 239 Å². The summed E-state index contributed by atoms with van der Waals surface area (Å²) < 4.78 is 59.3. The van der Waals surface area contributed by atoms with Gasteiger partial charge < -0.3 is 34.3 Å². The first-order valence-electron chi connectivity index (χ1n) is 26.8. The van der Waals surface area contributed by atoms with Crippen molar-refractivity contribution in [1.82, 2.24) is 0 Å². The van der Waals surface area contributed by atoms with E-state index in [1.165, 1.54) is 193 Å². The Morgan fingerprint density at radius 3 is 1.25 bits per heavy atom. The number of aliphatic hydroxyl groups excluding tert-OH is 3. The molecule has 0 saturated carbocycles. The van der Waals surface area contributed by atoms with Crippen molar-refractivity contribution in [1.29, 1.82) is 0 Å². The molecule has 1 heterocycles. The number of hydrogen-bond acceptors (Lipinski definition) is 11. The van der Waals surface area contributed by atoms with Crippen LogP contribution in [0.5, 0.6) is 0 Å². The zero-order valence-corrected chi connectivity index (χ0v) is 41.9. The molecular weight excluding hydrogens is 837 g/mol. The van der Waals surface area contributed by atoms with Gasteiger partial charge in [0.1, 0.15) is 30.5 Å². The third kappa shape index (κ3) is 36.2. The molecule has 6 unspecified atom stereocenters. The van der Waals surface area contributed by atoms with Crippen molar-refractivity contribution >= 4 is 16.4 Å². The van der Waals surface area contributed by atoms with Gasteiger partial charge in [-0.2, -0.15) is 8.42 Å². The molecule has 0 aliphatic carbocycles. The van der Waals surface area contributed by atoms with Crippen LogP contribution in [0, 0.1) is 0 Å². The van der Waals surface area contributed by atoms with E-state index in [1.54, 1.807) is 0 Å². The minimum atomic E-state index is -5.06. The van der Waals surface area contributed by atoms with Crippen LogP contribution in [0.4, 0.5) is 0 Å². The monoisotopic (exact) mass is 937 g/mol. The molecule has 0 radical (unpaired) electrons. The Morgan fingerprint density at radius 2 is 0.891 bits per heavy atom. The molecule has 382 valence electrons. The molecule has 6 atom stereocenters. The number of unbranched alkanes of at least 4 members (excludes halogenated alkanes) is 35. The van der Waals surface area contributed by atoms with E-state index in [9.17, 15) is 33.1 Å². The van der Waals surface area contributed by atoms with Crippen LogP contribution in [0.2, 0.25) is 0 Å². The van der Waals surface area contributed by atoms with Crippen molar-refractivity contribution in [3.63, 3.8) is 0 Å². The molecular formula is C51H100O12S. The second-order valence-corrected chi connectivity index (χ2v) is 19.9. The highest BCUT2D eigenvalue weighted by Gasteiger charge is 2.48. The molecule has 0 amide bonds. The van der Waals surface area contributed by atoms with E-state index in [2.05, 4.69) is 18.0 Å². The normalized spacial score (nSPS) is 19.6. The fourth-order valence-electron chi connectivity index (χ4n) is 8.68. The van der Waals surface area contributed by atoms with Crippen LogP contribution >= 0.6 is 0 Å². The zero-order valence-electron chi connectivity index (χ0n) is 41.1. The van der Waals surface area contributed by atoms with Gasteiger partial charge in [-0.25, -0.2) is 4.18 Å². The van der Waals surface area contributed by atoms with Crippen LogP contribution in [0.1, 0.15) is 258 Å². The average molecular weight is 937 g/mol. The number of esters is 1. The van der Waals surface area contributed by atoms with Gasteiger partial charge >= 0.3 is 16.4 Å². The number of rotatable bonds is 48. The molecule has 1 aliphatic rings. The predicted octanol–water partition coefficient (Wildman–Crippen LogP) is 12.4. The minimum Gasteiger partial charge on any atom is -0.457 e. The first-order valence-corrected chi connectivity index (χ1v) is 28.2. The quantitative estimate of drug-likeness (QED) is 0.0258. The minimum absolute atomic E-state index is 0.0453. The van der Waals surface area contributed by atoms with Gasteiger partial charge in [0.15, 0.2) is 6.29 Å². The molecule has 0 bridgehead atoms. The lowest BCUT2D eigenvalue weighted by Crippen LogP contribution is -2.60. The van der Waals surface area contributed by atoms with Gasteiger partial charge in [0.05, 0.1) is 19.8 Å². The Bertz CT molecular complexity index is 1130. The SMILES string of the molecule is CCCCCCCCCCCCCCCCCCCCCCCCOCC(COC1OC(CO)C(O)C(OS(=O)(=O)O)C1O)OC(=O)CCCCCCCCCCCCCCCCC. The van der Waals surface area contributed by atoms with Crippen molar-refractivity contribution in [2.75, 3.05) is 26.4 Å². The van der Waals surface area contributed by atoms with E-state index in [0.29, 0.717) is 13.0 Å². The van der Waals surface area contributed by atoms with E-state index in [-0.39, 0.29) is 19.6 Å². The van der Waals surface area contributed by atoms with Crippen LogP contribution in [0.15, 0.2) is 0 Å². The maximum atomic E-state index is 12.9. The molecule has 12 nitrogen and oxygen atoms in total. The lowest BCUT2D eigenvalue weighted by molar-refractivity contribution is -0.301. The summed E-state index contributed by atoms with van der Waals surface area (Å²) in [6.45, 7) is 4.06. The van der Waals surface area contributed by atoms with Crippen LogP contribution in [-0.4, -0.2) is 97.5 Å². The summed E-state index contributed by atoms with van der Waals surface area (Å²) >= 11 is 0. The Hall–Kier alpha value is -0.900. The van der Waals surface area contributed by atoms with Crippen molar-refractivity contribution in [2.24, 2.45) is 0 Å². The fraction of sp³-hybridized carbons (Fsp3) is 0.980. The number of hydrogen-bond donors (Lipinski definition) is 4. The van der Waals surface area contributed by atoms with Gasteiger partial charge in [0, 0.05) is 13.0 Å². The molecule has 64 heavy (non-hydrogen) atoms. The maximum absolute atomic E-state index is 12.9. The first kappa shape index (κ1) is 61.1. The molecule has 0 aromatic carbocycles. The van der Waals surface area contributed by atoms with Crippen LogP contribution < -0.4 is 0 Å². The lowest BCUT2D eigenvalue weighted by Gasteiger charge is -2.41. The van der Waals surface area contributed by atoms with Gasteiger partial charge in [-0.3, -0.25) is 9.35 Å². The standard InChI is InChI=1S/C51H100O12S/c1-3-5-7-9-11-13-15-17-19-20-21-22-23-24-25-27-29-31-33-35-37-39-41-59-43-45(44-60-51-49(55)50(63-64(56,57)58)48(54)46(42-52)62-51)61-47(53)40-38-36-34-32-30-28-26-18-16-14-12-10-8-6-4-2/h45-46,48-52,54-55H,3-44H2,1-2H3,(H,56,57,58). The zero-order chi connectivity index (χ0) is 46.8. The highest BCUT2D eigenvalue weighted by Crippen LogP contribution is 2.26. The largest absolute Gasteiger partial charge is 0.457 e. The summed E-state index contributed by atoms with van der Waals surface area (Å²) in [6.07, 6.45) is 38.5. The molecule has 13 heteroatoms. The summed E-state index contributed by atoms with van der Waals surface area (Å²) in [5.41, 5.74) is 0. The highest BCUT2D eigenvalue weighted by atomic mass is 32.3. The van der Waals surface area contributed by atoms with Crippen LogP contribution in [0.3, 0.4) is 0 Å². The Kier molecular flexibility index (Phi) is 41.4. The molecule has 1 rings (SSSR count). The van der Waals surface area contributed by atoms with Gasteiger partial charge in [-0.05, 0) is 12.8 Å². The van der Waals surface area contributed by atoms with E-state index in [0.717, 1.165) is 38.5 Å². The van der Waals surface area contributed by atoms with Crippen molar-refractivity contribution in [3.8, 4) is 0 Å². The first-order chi connectivity index (χ1) is 31.1.